The highest BCUT2D eigenvalue weighted by Gasteiger charge is 2.21. The standard InChI is InChI=1S/C18H27N5O3/c1-11(2)17-15(10-26-22-17)18(25)21-13(4)8-12(3)20-16(24)9-14-6-7-19-23(14)5/h6-7,10-13H,8-9H2,1-5H3,(H,20,24)(H,21,25). The first kappa shape index (κ1) is 19.7. The fourth-order valence-corrected chi connectivity index (χ4v) is 2.85. The summed E-state index contributed by atoms with van der Waals surface area (Å²) in [6, 6.07) is 1.64. The summed E-state index contributed by atoms with van der Waals surface area (Å²) < 4.78 is 6.61. The second-order valence-corrected chi connectivity index (χ2v) is 6.97. The molecule has 2 unspecified atom stereocenters. The highest BCUT2D eigenvalue weighted by atomic mass is 16.5. The lowest BCUT2D eigenvalue weighted by Crippen LogP contribution is -2.41. The van der Waals surface area contributed by atoms with E-state index < -0.39 is 0 Å². The molecule has 0 fully saturated rings. The normalized spacial score (nSPS) is 13.5. The largest absolute Gasteiger partial charge is 0.364 e. The molecular formula is C18H27N5O3. The van der Waals surface area contributed by atoms with E-state index in [1.54, 1.807) is 17.9 Å². The van der Waals surface area contributed by atoms with E-state index in [0.717, 1.165) is 5.69 Å². The van der Waals surface area contributed by atoms with Crippen molar-refractivity contribution in [3.63, 3.8) is 0 Å². The Morgan fingerprint density at radius 3 is 2.50 bits per heavy atom. The van der Waals surface area contributed by atoms with Crippen LogP contribution in [0.15, 0.2) is 23.0 Å². The Balaban J connectivity index is 1.82. The summed E-state index contributed by atoms with van der Waals surface area (Å²) in [5.74, 6) is -0.174. The maximum atomic E-state index is 12.4. The molecule has 0 saturated carbocycles. The third-order valence-electron chi connectivity index (χ3n) is 4.15. The van der Waals surface area contributed by atoms with Crippen molar-refractivity contribution < 1.29 is 14.1 Å². The number of aryl methyl sites for hydroxylation is 1. The quantitative estimate of drug-likeness (QED) is 0.746. The second kappa shape index (κ2) is 8.64. The zero-order valence-electron chi connectivity index (χ0n) is 15.9. The number of aromatic nitrogens is 3. The summed E-state index contributed by atoms with van der Waals surface area (Å²) in [6.45, 7) is 7.74. The van der Waals surface area contributed by atoms with Gasteiger partial charge in [-0.1, -0.05) is 19.0 Å². The van der Waals surface area contributed by atoms with Gasteiger partial charge in [0.25, 0.3) is 5.91 Å². The molecule has 0 aromatic carbocycles. The molecule has 26 heavy (non-hydrogen) atoms. The van der Waals surface area contributed by atoms with Gasteiger partial charge in [-0.2, -0.15) is 5.10 Å². The van der Waals surface area contributed by atoms with E-state index in [4.69, 9.17) is 4.52 Å². The minimum absolute atomic E-state index is 0.0687. The average Bonchev–Trinajstić information content (AvgIpc) is 3.16. The molecule has 0 bridgehead atoms. The molecule has 2 rings (SSSR count). The molecule has 2 amide bonds. The van der Waals surface area contributed by atoms with E-state index in [1.807, 2.05) is 33.8 Å². The highest BCUT2D eigenvalue weighted by molar-refractivity contribution is 5.95. The summed E-state index contributed by atoms with van der Waals surface area (Å²) in [6.07, 6.45) is 3.93. The average molecular weight is 361 g/mol. The molecule has 2 aromatic rings. The van der Waals surface area contributed by atoms with Crippen molar-refractivity contribution >= 4 is 11.8 Å². The van der Waals surface area contributed by atoms with Crippen LogP contribution in [0.1, 0.15) is 61.8 Å². The molecule has 2 atom stereocenters. The first-order valence-corrected chi connectivity index (χ1v) is 8.79. The second-order valence-electron chi connectivity index (χ2n) is 6.97. The Labute approximate surface area is 153 Å². The van der Waals surface area contributed by atoms with Crippen LogP contribution in [-0.2, 0) is 18.3 Å². The van der Waals surface area contributed by atoms with Gasteiger partial charge in [0.15, 0.2) is 0 Å². The first-order valence-electron chi connectivity index (χ1n) is 8.79. The van der Waals surface area contributed by atoms with Crippen LogP contribution in [-0.4, -0.2) is 38.8 Å². The minimum atomic E-state index is -0.212. The molecule has 8 heteroatoms. The molecule has 0 aliphatic rings. The van der Waals surface area contributed by atoms with Crippen LogP contribution in [0, 0.1) is 0 Å². The summed E-state index contributed by atoms with van der Waals surface area (Å²) in [5, 5.41) is 13.8. The highest BCUT2D eigenvalue weighted by Crippen LogP contribution is 2.17. The van der Waals surface area contributed by atoms with Crippen molar-refractivity contribution in [1.29, 1.82) is 0 Å². The maximum absolute atomic E-state index is 12.4. The summed E-state index contributed by atoms with van der Waals surface area (Å²) >= 11 is 0. The van der Waals surface area contributed by atoms with Crippen LogP contribution < -0.4 is 10.6 Å². The number of nitrogens with one attached hydrogen (secondary N) is 2. The van der Waals surface area contributed by atoms with Gasteiger partial charge in [0, 0.05) is 31.0 Å². The summed E-state index contributed by atoms with van der Waals surface area (Å²) in [5.41, 5.74) is 1.96. The van der Waals surface area contributed by atoms with Gasteiger partial charge < -0.3 is 15.2 Å². The van der Waals surface area contributed by atoms with Crippen molar-refractivity contribution in [1.82, 2.24) is 25.6 Å². The molecule has 0 spiro atoms. The number of hydrogen-bond acceptors (Lipinski definition) is 5. The number of carbonyl (C=O) groups is 2. The van der Waals surface area contributed by atoms with E-state index in [-0.39, 0.29) is 36.2 Å². The van der Waals surface area contributed by atoms with Gasteiger partial charge in [-0.25, -0.2) is 0 Å². The van der Waals surface area contributed by atoms with E-state index in [1.165, 1.54) is 6.26 Å². The molecule has 0 aliphatic carbocycles. The van der Waals surface area contributed by atoms with E-state index in [9.17, 15) is 9.59 Å². The number of hydrogen-bond donors (Lipinski definition) is 2. The third-order valence-corrected chi connectivity index (χ3v) is 4.15. The van der Waals surface area contributed by atoms with Gasteiger partial charge in [0.1, 0.15) is 11.8 Å². The van der Waals surface area contributed by atoms with Crippen molar-refractivity contribution in [2.24, 2.45) is 7.05 Å². The lowest BCUT2D eigenvalue weighted by atomic mass is 10.0. The van der Waals surface area contributed by atoms with Crippen molar-refractivity contribution in [2.75, 3.05) is 0 Å². The predicted molar refractivity (Wildman–Crippen MR) is 96.7 cm³/mol. The van der Waals surface area contributed by atoms with Gasteiger partial charge in [0.05, 0.1) is 12.1 Å². The van der Waals surface area contributed by atoms with Gasteiger partial charge >= 0.3 is 0 Å². The molecule has 0 aliphatic heterocycles. The lowest BCUT2D eigenvalue weighted by Gasteiger charge is -2.20. The minimum Gasteiger partial charge on any atom is -0.364 e. The van der Waals surface area contributed by atoms with Crippen LogP contribution in [0.25, 0.3) is 0 Å². The van der Waals surface area contributed by atoms with E-state index >= 15 is 0 Å². The molecule has 2 heterocycles. The monoisotopic (exact) mass is 361 g/mol. The SMILES string of the molecule is CC(CC(C)NC(=O)c1conc1C(C)C)NC(=O)Cc1ccnn1C. The van der Waals surface area contributed by atoms with Crippen LogP contribution in [0.2, 0.25) is 0 Å². The molecule has 142 valence electrons. The molecule has 0 radical (unpaired) electrons. The number of carbonyl (C=O) groups excluding carboxylic acids is 2. The topological polar surface area (TPSA) is 102 Å². The van der Waals surface area contributed by atoms with Gasteiger partial charge in [0.2, 0.25) is 5.91 Å². The molecule has 8 nitrogen and oxygen atoms in total. The molecular weight excluding hydrogens is 334 g/mol. The Morgan fingerprint density at radius 2 is 1.88 bits per heavy atom. The number of amides is 2. The van der Waals surface area contributed by atoms with Crippen LogP contribution in [0.3, 0.4) is 0 Å². The Hall–Kier alpha value is -2.64. The number of rotatable bonds is 8. The van der Waals surface area contributed by atoms with Gasteiger partial charge in [-0.15, -0.1) is 0 Å². The fraction of sp³-hybridized carbons (Fsp3) is 0.556. The fourth-order valence-electron chi connectivity index (χ4n) is 2.85. The zero-order chi connectivity index (χ0) is 19.3. The maximum Gasteiger partial charge on any atom is 0.256 e. The third kappa shape index (κ3) is 5.18. The van der Waals surface area contributed by atoms with Crippen molar-refractivity contribution in [3.05, 3.63) is 35.5 Å². The van der Waals surface area contributed by atoms with Gasteiger partial charge in [-0.05, 0) is 32.3 Å². The van der Waals surface area contributed by atoms with Crippen molar-refractivity contribution in [2.45, 2.75) is 58.5 Å². The van der Waals surface area contributed by atoms with Gasteiger partial charge in [-0.3, -0.25) is 14.3 Å². The molecule has 0 saturated heterocycles. The molecule has 2 N–H and O–H groups in total. The Morgan fingerprint density at radius 1 is 1.19 bits per heavy atom. The van der Waals surface area contributed by atoms with Crippen LogP contribution in [0.4, 0.5) is 0 Å². The van der Waals surface area contributed by atoms with Crippen molar-refractivity contribution in [3.8, 4) is 0 Å². The Bertz CT molecular complexity index is 750. The van der Waals surface area contributed by atoms with Crippen LogP contribution >= 0.6 is 0 Å². The summed E-state index contributed by atoms with van der Waals surface area (Å²) in [4.78, 5) is 24.5. The van der Waals surface area contributed by atoms with Crippen LogP contribution in [0.5, 0.6) is 0 Å². The predicted octanol–water partition coefficient (Wildman–Crippen LogP) is 1.79. The smallest absolute Gasteiger partial charge is 0.256 e. The first-order chi connectivity index (χ1) is 12.3. The van der Waals surface area contributed by atoms with E-state index in [0.29, 0.717) is 17.7 Å². The molecule has 2 aromatic heterocycles. The number of nitrogens with zero attached hydrogens (tertiary/aromatic N) is 3. The van der Waals surface area contributed by atoms with E-state index in [2.05, 4.69) is 20.9 Å². The zero-order valence-corrected chi connectivity index (χ0v) is 15.9. The summed E-state index contributed by atoms with van der Waals surface area (Å²) in [7, 11) is 1.81. The lowest BCUT2D eigenvalue weighted by molar-refractivity contribution is -0.121. The Kier molecular flexibility index (Phi) is 6.54.